The van der Waals surface area contributed by atoms with Crippen molar-refractivity contribution in [1.29, 1.82) is 0 Å². The maximum atomic E-state index is 11.9. The summed E-state index contributed by atoms with van der Waals surface area (Å²) in [5, 5.41) is 0. The maximum absolute atomic E-state index is 11.9. The van der Waals surface area contributed by atoms with Crippen LogP contribution in [0.2, 0.25) is 0 Å². The van der Waals surface area contributed by atoms with Crippen molar-refractivity contribution in [2.75, 3.05) is 19.8 Å². The second kappa shape index (κ2) is 20.7. The number of esters is 1. The molecule has 0 aromatic heterocycles. The van der Waals surface area contributed by atoms with E-state index in [-0.39, 0.29) is 11.9 Å². The molecule has 0 fully saturated rings. The van der Waals surface area contributed by atoms with Gasteiger partial charge in [0, 0.05) is 6.61 Å². The number of rotatable bonds is 20. The molecule has 0 rings (SSSR count). The number of ether oxygens (including phenoxy) is 2. The van der Waals surface area contributed by atoms with Gasteiger partial charge in [-0.15, -0.1) is 0 Å². The van der Waals surface area contributed by atoms with Crippen LogP contribution in [0.25, 0.3) is 0 Å². The highest BCUT2D eigenvalue weighted by Gasteiger charge is 2.16. The summed E-state index contributed by atoms with van der Waals surface area (Å²) in [4.78, 5) is 11.9. The van der Waals surface area contributed by atoms with E-state index in [0.717, 1.165) is 38.7 Å². The average Bonchev–Trinajstić information content (AvgIpc) is 2.65. The Morgan fingerprint density at radius 1 is 0.654 bits per heavy atom. The lowest BCUT2D eigenvalue weighted by atomic mass is 10.00. The Labute approximate surface area is 163 Å². The molecule has 1 atom stereocenters. The fourth-order valence-electron chi connectivity index (χ4n) is 3.23. The summed E-state index contributed by atoms with van der Waals surface area (Å²) in [6, 6.07) is 0. The van der Waals surface area contributed by atoms with Gasteiger partial charge < -0.3 is 9.47 Å². The first-order valence-corrected chi connectivity index (χ1v) is 11.5. The van der Waals surface area contributed by atoms with Crippen LogP contribution in [0.15, 0.2) is 0 Å². The minimum atomic E-state index is -0.0424. The molecule has 0 aromatic rings. The zero-order valence-electron chi connectivity index (χ0n) is 18.0. The van der Waals surface area contributed by atoms with E-state index in [1.807, 2.05) is 0 Å². The quantitative estimate of drug-likeness (QED) is 0.170. The normalized spacial score (nSPS) is 12.3. The van der Waals surface area contributed by atoms with Crippen molar-refractivity contribution in [3.05, 3.63) is 0 Å². The van der Waals surface area contributed by atoms with Gasteiger partial charge in [-0.05, 0) is 19.3 Å². The van der Waals surface area contributed by atoms with Crippen LogP contribution in [-0.2, 0) is 14.3 Å². The van der Waals surface area contributed by atoms with E-state index >= 15 is 0 Å². The molecule has 0 saturated carbocycles. The topological polar surface area (TPSA) is 35.5 Å². The minimum Gasteiger partial charge on any atom is -0.463 e. The molecule has 0 radical (unpaired) electrons. The van der Waals surface area contributed by atoms with Crippen molar-refractivity contribution in [3.8, 4) is 0 Å². The van der Waals surface area contributed by atoms with Crippen molar-refractivity contribution in [1.82, 2.24) is 0 Å². The van der Waals surface area contributed by atoms with Gasteiger partial charge in [-0.1, -0.05) is 97.8 Å². The first-order chi connectivity index (χ1) is 12.8. The zero-order valence-corrected chi connectivity index (χ0v) is 18.0. The summed E-state index contributed by atoms with van der Waals surface area (Å²) in [5.41, 5.74) is 0. The van der Waals surface area contributed by atoms with Gasteiger partial charge >= 0.3 is 5.97 Å². The van der Waals surface area contributed by atoms with Crippen LogP contribution in [0.1, 0.15) is 117 Å². The lowest BCUT2D eigenvalue weighted by Crippen LogP contribution is -2.19. The molecule has 3 heteroatoms. The summed E-state index contributed by atoms with van der Waals surface area (Å²) in [6.07, 6.45) is 18.9. The van der Waals surface area contributed by atoms with Crippen LogP contribution in [-0.4, -0.2) is 25.8 Å². The molecule has 0 aromatic carbocycles. The van der Waals surface area contributed by atoms with E-state index in [0.29, 0.717) is 13.2 Å². The molecular weight excluding hydrogens is 324 g/mol. The third-order valence-electron chi connectivity index (χ3n) is 5.10. The van der Waals surface area contributed by atoms with Crippen LogP contribution in [0.3, 0.4) is 0 Å². The van der Waals surface area contributed by atoms with E-state index in [4.69, 9.17) is 9.47 Å². The van der Waals surface area contributed by atoms with Crippen LogP contribution in [0, 0.1) is 5.92 Å². The fraction of sp³-hybridized carbons (Fsp3) is 0.957. The molecule has 0 heterocycles. The van der Waals surface area contributed by atoms with Crippen molar-refractivity contribution < 1.29 is 14.3 Å². The van der Waals surface area contributed by atoms with Crippen molar-refractivity contribution in [2.24, 2.45) is 5.92 Å². The molecule has 3 nitrogen and oxygen atoms in total. The Morgan fingerprint density at radius 2 is 1.19 bits per heavy atom. The molecule has 26 heavy (non-hydrogen) atoms. The molecule has 0 aliphatic rings. The summed E-state index contributed by atoms with van der Waals surface area (Å²) >= 11 is 0. The number of hydrogen-bond acceptors (Lipinski definition) is 3. The first-order valence-electron chi connectivity index (χ1n) is 11.5. The number of hydrogen-bond donors (Lipinski definition) is 0. The lowest BCUT2D eigenvalue weighted by Gasteiger charge is -2.13. The second-order valence-corrected chi connectivity index (χ2v) is 7.56. The van der Waals surface area contributed by atoms with Crippen molar-refractivity contribution in [3.63, 3.8) is 0 Å². The van der Waals surface area contributed by atoms with Gasteiger partial charge in [0.15, 0.2) is 0 Å². The molecule has 0 saturated heterocycles. The fourth-order valence-corrected chi connectivity index (χ4v) is 3.23. The van der Waals surface area contributed by atoms with E-state index in [9.17, 15) is 4.79 Å². The number of carbonyl (C=O) groups excluding carboxylic acids is 1. The van der Waals surface area contributed by atoms with E-state index < -0.39 is 0 Å². The van der Waals surface area contributed by atoms with Crippen LogP contribution in [0.4, 0.5) is 0 Å². The van der Waals surface area contributed by atoms with Crippen LogP contribution >= 0.6 is 0 Å². The monoisotopic (exact) mass is 370 g/mol. The molecule has 1 unspecified atom stereocenters. The molecule has 0 spiro atoms. The molecule has 0 aliphatic carbocycles. The Hall–Kier alpha value is -0.570. The Balaban J connectivity index is 3.27. The van der Waals surface area contributed by atoms with Crippen molar-refractivity contribution >= 4 is 5.97 Å². The molecule has 156 valence electrons. The summed E-state index contributed by atoms with van der Waals surface area (Å²) < 4.78 is 10.9. The SMILES string of the molecule is CCCCCCCCCCCCCOCCOC(=O)C(CC)CCCC. The molecular formula is C23H46O3. The van der Waals surface area contributed by atoms with Crippen LogP contribution in [0.5, 0.6) is 0 Å². The molecule has 0 amide bonds. The van der Waals surface area contributed by atoms with Crippen LogP contribution < -0.4 is 0 Å². The smallest absolute Gasteiger partial charge is 0.308 e. The standard InChI is InChI=1S/C23H46O3/c1-4-7-9-10-11-12-13-14-15-16-17-19-25-20-21-26-23(24)22(6-3)18-8-5-2/h22H,4-21H2,1-3H3. The van der Waals surface area contributed by atoms with Gasteiger partial charge in [0.05, 0.1) is 12.5 Å². The third kappa shape index (κ3) is 16.9. The Kier molecular flexibility index (Phi) is 20.3. The predicted octanol–water partition coefficient (Wildman–Crippen LogP) is 7.07. The van der Waals surface area contributed by atoms with E-state index in [1.165, 1.54) is 64.2 Å². The van der Waals surface area contributed by atoms with Gasteiger partial charge in [0.25, 0.3) is 0 Å². The highest BCUT2D eigenvalue weighted by molar-refractivity contribution is 5.72. The van der Waals surface area contributed by atoms with Gasteiger partial charge in [-0.25, -0.2) is 0 Å². The third-order valence-corrected chi connectivity index (χ3v) is 5.10. The lowest BCUT2D eigenvalue weighted by molar-refractivity contribution is -0.150. The number of carbonyl (C=O) groups is 1. The molecule has 0 aliphatic heterocycles. The maximum Gasteiger partial charge on any atom is 0.308 e. The summed E-state index contributed by atoms with van der Waals surface area (Å²) in [6.45, 7) is 8.21. The van der Waals surface area contributed by atoms with Gasteiger partial charge in [0.1, 0.15) is 6.61 Å². The van der Waals surface area contributed by atoms with Crippen molar-refractivity contribution in [2.45, 2.75) is 117 Å². The predicted molar refractivity (Wildman–Crippen MR) is 112 cm³/mol. The first kappa shape index (κ1) is 25.4. The highest BCUT2D eigenvalue weighted by atomic mass is 16.6. The molecule has 0 N–H and O–H groups in total. The average molecular weight is 371 g/mol. The molecule has 0 bridgehead atoms. The highest BCUT2D eigenvalue weighted by Crippen LogP contribution is 2.14. The van der Waals surface area contributed by atoms with Gasteiger partial charge in [-0.2, -0.15) is 0 Å². The van der Waals surface area contributed by atoms with Gasteiger partial charge in [-0.3, -0.25) is 4.79 Å². The second-order valence-electron chi connectivity index (χ2n) is 7.56. The summed E-state index contributed by atoms with van der Waals surface area (Å²) in [7, 11) is 0. The van der Waals surface area contributed by atoms with E-state index in [1.54, 1.807) is 0 Å². The summed E-state index contributed by atoms with van der Waals surface area (Å²) in [5.74, 6) is 0.0286. The minimum absolute atomic E-state index is 0.0424. The Morgan fingerprint density at radius 3 is 1.73 bits per heavy atom. The zero-order chi connectivity index (χ0) is 19.3. The Bertz CT molecular complexity index is 291. The van der Waals surface area contributed by atoms with E-state index in [2.05, 4.69) is 20.8 Å². The number of unbranched alkanes of at least 4 members (excludes halogenated alkanes) is 11. The van der Waals surface area contributed by atoms with Gasteiger partial charge in [0.2, 0.25) is 0 Å². The largest absolute Gasteiger partial charge is 0.463 e.